The van der Waals surface area contributed by atoms with Gasteiger partial charge in [0, 0.05) is 6.42 Å². The molecule has 0 atom stereocenters. The molecule has 16 heavy (non-hydrogen) atoms. The Morgan fingerprint density at radius 3 is 2.75 bits per heavy atom. The van der Waals surface area contributed by atoms with Gasteiger partial charge >= 0.3 is 0 Å². The van der Waals surface area contributed by atoms with Crippen LogP contribution in [0.5, 0.6) is 5.75 Å². The highest BCUT2D eigenvalue weighted by atomic mass is 79.9. The minimum atomic E-state index is 0.249. The van der Waals surface area contributed by atoms with Gasteiger partial charge in [-0.2, -0.15) is 5.10 Å². The zero-order valence-corrected chi connectivity index (χ0v) is 10.5. The third-order valence-electron chi connectivity index (χ3n) is 2.05. The molecule has 0 saturated heterocycles. The highest BCUT2D eigenvalue weighted by Crippen LogP contribution is 2.21. The molecule has 0 aliphatic heterocycles. The minimum absolute atomic E-state index is 0.249. The molecule has 0 radical (unpaired) electrons. The maximum atomic E-state index is 9.32. The van der Waals surface area contributed by atoms with Crippen LogP contribution in [-0.2, 0) is 6.42 Å². The van der Waals surface area contributed by atoms with E-state index in [1.807, 2.05) is 12.1 Å². The molecule has 1 aromatic heterocycles. The van der Waals surface area contributed by atoms with Crippen molar-refractivity contribution in [3.63, 3.8) is 0 Å². The number of nitrogens with zero attached hydrogens (tertiary/aromatic N) is 2. The Labute approximate surface area is 106 Å². The Morgan fingerprint density at radius 2 is 2.06 bits per heavy atom. The monoisotopic (exact) mass is 298 g/mol. The van der Waals surface area contributed by atoms with Crippen LogP contribution in [0.25, 0.3) is 0 Å². The van der Waals surface area contributed by atoms with Crippen molar-refractivity contribution in [1.29, 1.82) is 0 Å². The molecule has 5 heteroatoms. The molecule has 2 aromatic rings. The summed E-state index contributed by atoms with van der Waals surface area (Å²) in [6, 6.07) is 8.86. The average Bonchev–Trinajstić information content (AvgIpc) is 2.24. The predicted octanol–water partition coefficient (Wildman–Crippen LogP) is 3.19. The van der Waals surface area contributed by atoms with Crippen molar-refractivity contribution >= 4 is 27.5 Å². The summed E-state index contributed by atoms with van der Waals surface area (Å²) in [4.78, 5) is 0. The first-order valence-corrected chi connectivity index (χ1v) is 5.78. The molecule has 0 aliphatic rings. The SMILES string of the molecule is Oc1cccc(Cc2cc(Br)c(Cl)nn2)c1. The lowest BCUT2D eigenvalue weighted by molar-refractivity contribution is 0.474. The lowest BCUT2D eigenvalue weighted by Gasteiger charge is -2.02. The first-order valence-electron chi connectivity index (χ1n) is 4.60. The summed E-state index contributed by atoms with van der Waals surface area (Å²) >= 11 is 9.04. The second kappa shape index (κ2) is 4.80. The van der Waals surface area contributed by atoms with E-state index in [4.69, 9.17) is 11.6 Å². The van der Waals surface area contributed by atoms with E-state index < -0.39 is 0 Å². The fourth-order valence-electron chi connectivity index (χ4n) is 1.35. The summed E-state index contributed by atoms with van der Waals surface area (Å²) < 4.78 is 0.722. The van der Waals surface area contributed by atoms with E-state index in [0.717, 1.165) is 15.7 Å². The van der Waals surface area contributed by atoms with Crippen LogP contribution in [0, 0.1) is 0 Å². The molecule has 0 aliphatic carbocycles. The Kier molecular flexibility index (Phi) is 3.41. The average molecular weight is 300 g/mol. The van der Waals surface area contributed by atoms with Gasteiger partial charge in [0.15, 0.2) is 5.15 Å². The third kappa shape index (κ3) is 2.71. The summed E-state index contributed by atoms with van der Waals surface area (Å²) in [6.07, 6.45) is 0.608. The Bertz CT molecular complexity index is 519. The van der Waals surface area contributed by atoms with Gasteiger partial charge in [-0.25, -0.2) is 0 Å². The van der Waals surface area contributed by atoms with E-state index in [9.17, 15) is 5.11 Å². The van der Waals surface area contributed by atoms with Gasteiger partial charge in [-0.3, -0.25) is 0 Å². The predicted molar refractivity (Wildman–Crippen MR) is 65.7 cm³/mol. The van der Waals surface area contributed by atoms with Crippen molar-refractivity contribution in [1.82, 2.24) is 10.2 Å². The van der Waals surface area contributed by atoms with E-state index >= 15 is 0 Å². The summed E-state index contributed by atoms with van der Waals surface area (Å²) in [5, 5.41) is 17.4. The van der Waals surface area contributed by atoms with Gasteiger partial charge in [0.05, 0.1) is 10.2 Å². The molecule has 0 fully saturated rings. The fourth-order valence-corrected chi connectivity index (χ4v) is 1.79. The molecule has 2 rings (SSSR count). The van der Waals surface area contributed by atoms with Crippen molar-refractivity contribution in [3.8, 4) is 5.75 Å². The minimum Gasteiger partial charge on any atom is -0.508 e. The lowest BCUT2D eigenvalue weighted by atomic mass is 10.1. The largest absolute Gasteiger partial charge is 0.508 e. The maximum Gasteiger partial charge on any atom is 0.165 e. The Morgan fingerprint density at radius 1 is 1.25 bits per heavy atom. The number of hydrogen-bond donors (Lipinski definition) is 1. The lowest BCUT2D eigenvalue weighted by Crippen LogP contribution is -1.95. The van der Waals surface area contributed by atoms with Crippen LogP contribution in [0.2, 0.25) is 5.15 Å². The van der Waals surface area contributed by atoms with Crippen molar-refractivity contribution in [2.24, 2.45) is 0 Å². The van der Waals surface area contributed by atoms with Crippen LogP contribution in [0.15, 0.2) is 34.8 Å². The molecule has 0 amide bonds. The maximum absolute atomic E-state index is 9.32. The van der Waals surface area contributed by atoms with E-state index in [2.05, 4.69) is 26.1 Å². The number of phenolic OH excluding ortho intramolecular Hbond substituents is 1. The zero-order valence-electron chi connectivity index (χ0n) is 8.19. The molecular weight excluding hydrogens is 291 g/mol. The third-order valence-corrected chi connectivity index (χ3v) is 3.16. The second-order valence-electron chi connectivity index (χ2n) is 3.32. The van der Waals surface area contributed by atoms with Crippen LogP contribution < -0.4 is 0 Å². The summed E-state index contributed by atoms with van der Waals surface area (Å²) in [5.74, 6) is 0.249. The standard InChI is InChI=1S/C11H8BrClN2O/c12-10-6-8(14-15-11(10)13)4-7-2-1-3-9(16)5-7/h1-3,5-6,16H,4H2. The summed E-state index contributed by atoms with van der Waals surface area (Å²) in [6.45, 7) is 0. The van der Waals surface area contributed by atoms with Crippen LogP contribution in [-0.4, -0.2) is 15.3 Å². The molecule has 1 N–H and O–H groups in total. The summed E-state index contributed by atoms with van der Waals surface area (Å²) in [5.41, 5.74) is 1.77. The van der Waals surface area contributed by atoms with Gasteiger partial charge in [0.1, 0.15) is 5.75 Å². The first-order chi connectivity index (χ1) is 7.65. The number of hydrogen-bond acceptors (Lipinski definition) is 3. The zero-order chi connectivity index (χ0) is 11.5. The van der Waals surface area contributed by atoms with Gasteiger partial charge in [-0.1, -0.05) is 23.7 Å². The van der Waals surface area contributed by atoms with Gasteiger partial charge in [0.2, 0.25) is 0 Å². The van der Waals surface area contributed by atoms with Crippen molar-refractivity contribution in [3.05, 3.63) is 51.2 Å². The van der Waals surface area contributed by atoms with Gasteiger partial charge in [0.25, 0.3) is 0 Å². The van der Waals surface area contributed by atoms with E-state index in [1.54, 1.807) is 18.2 Å². The quantitative estimate of drug-likeness (QED) is 0.926. The van der Waals surface area contributed by atoms with E-state index in [-0.39, 0.29) is 5.75 Å². The molecule has 82 valence electrons. The normalized spacial score (nSPS) is 10.4. The van der Waals surface area contributed by atoms with E-state index in [1.165, 1.54) is 0 Å². The number of phenols is 1. The van der Waals surface area contributed by atoms with Crippen LogP contribution in [0.3, 0.4) is 0 Å². The Balaban J connectivity index is 2.24. The van der Waals surface area contributed by atoms with E-state index in [0.29, 0.717) is 11.6 Å². The van der Waals surface area contributed by atoms with Crippen molar-refractivity contribution < 1.29 is 5.11 Å². The highest BCUT2D eigenvalue weighted by molar-refractivity contribution is 9.10. The topological polar surface area (TPSA) is 46.0 Å². The number of halogens is 2. The molecule has 0 bridgehead atoms. The number of rotatable bonds is 2. The number of benzene rings is 1. The second-order valence-corrected chi connectivity index (χ2v) is 4.53. The van der Waals surface area contributed by atoms with Crippen LogP contribution >= 0.6 is 27.5 Å². The highest BCUT2D eigenvalue weighted by Gasteiger charge is 2.03. The van der Waals surface area contributed by atoms with Gasteiger partial charge in [-0.15, -0.1) is 5.10 Å². The van der Waals surface area contributed by atoms with Crippen molar-refractivity contribution in [2.45, 2.75) is 6.42 Å². The molecule has 1 heterocycles. The molecule has 0 unspecified atom stereocenters. The van der Waals surface area contributed by atoms with Crippen LogP contribution in [0.4, 0.5) is 0 Å². The number of aromatic hydroxyl groups is 1. The van der Waals surface area contributed by atoms with Crippen LogP contribution in [0.1, 0.15) is 11.3 Å². The summed E-state index contributed by atoms with van der Waals surface area (Å²) in [7, 11) is 0. The fraction of sp³-hybridized carbons (Fsp3) is 0.0909. The number of aromatic nitrogens is 2. The van der Waals surface area contributed by atoms with Crippen molar-refractivity contribution in [2.75, 3.05) is 0 Å². The Hall–Kier alpha value is -1.13. The molecule has 0 spiro atoms. The van der Waals surface area contributed by atoms with Gasteiger partial charge in [-0.05, 0) is 39.7 Å². The molecule has 3 nitrogen and oxygen atoms in total. The van der Waals surface area contributed by atoms with Gasteiger partial charge < -0.3 is 5.11 Å². The smallest absolute Gasteiger partial charge is 0.165 e. The molecule has 0 saturated carbocycles. The molecule has 1 aromatic carbocycles. The first kappa shape index (κ1) is 11.4. The molecular formula is C11H8BrClN2O.